The summed E-state index contributed by atoms with van der Waals surface area (Å²) in [5.74, 6) is 0.237. The predicted octanol–water partition coefficient (Wildman–Crippen LogP) is 2.76. The minimum Gasteiger partial charge on any atom is -0.306 e. The maximum absolute atomic E-state index is 11.5. The van der Waals surface area contributed by atoms with Crippen LogP contribution in [-0.4, -0.2) is 21.2 Å². The van der Waals surface area contributed by atoms with Gasteiger partial charge in [0.25, 0.3) is 0 Å². The number of aromatic amines is 1. The van der Waals surface area contributed by atoms with E-state index in [2.05, 4.69) is 25.8 Å². The summed E-state index contributed by atoms with van der Waals surface area (Å²) < 4.78 is 0. The number of nitrogens with zero attached hydrogens (tertiary/aromatic N) is 2. The summed E-state index contributed by atoms with van der Waals surface area (Å²) in [5.41, 5.74) is 0.413. The van der Waals surface area contributed by atoms with Gasteiger partial charge in [-0.05, 0) is 18.2 Å². The Balaban J connectivity index is 2.05. The van der Waals surface area contributed by atoms with Crippen molar-refractivity contribution in [1.29, 1.82) is 0 Å². The number of nitrogens with one attached hydrogen (secondary N) is 3. The molecule has 0 bridgehead atoms. The van der Waals surface area contributed by atoms with Gasteiger partial charge in [0.1, 0.15) is 6.33 Å². The fraction of sp³-hybridized carbons (Fsp3) is 0. The molecule has 88 valence electrons. The Hall–Kier alpha value is -1.79. The van der Waals surface area contributed by atoms with Gasteiger partial charge in [-0.2, -0.15) is 10.1 Å². The normalized spacial score (nSPS) is 10.0. The SMILES string of the molecule is O=C(Nc1ncn[nH]1)Nc1cc(Cl)ccc1Cl. The number of halogens is 2. The van der Waals surface area contributed by atoms with Gasteiger partial charge in [0.2, 0.25) is 5.95 Å². The Kier molecular flexibility index (Phi) is 3.46. The van der Waals surface area contributed by atoms with Crippen LogP contribution in [0.5, 0.6) is 0 Å². The van der Waals surface area contributed by atoms with Crippen LogP contribution in [0, 0.1) is 0 Å². The molecule has 0 atom stereocenters. The lowest BCUT2D eigenvalue weighted by atomic mass is 10.3. The molecule has 1 heterocycles. The third-order valence-corrected chi connectivity index (χ3v) is 2.39. The molecule has 0 fully saturated rings. The molecule has 1 aromatic carbocycles. The first-order chi connectivity index (χ1) is 8.15. The highest BCUT2D eigenvalue weighted by Crippen LogP contribution is 2.25. The molecule has 8 heteroatoms. The van der Waals surface area contributed by atoms with E-state index in [4.69, 9.17) is 23.2 Å². The Morgan fingerprint density at radius 3 is 2.82 bits per heavy atom. The second-order valence-electron chi connectivity index (χ2n) is 3.04. The number of carbonyl (C=O) groups excluding carboxylic acids is 1. The zero-order chi connectivity index (χ0) is 12.3. The summed E-state index contributed by atoms with van der Waals surface area (Å²) in [5, 5.41) is 11.9. The van der Waals surface area contributed by atoms with Gasteiger partial charge >= 0.3 is 6.03 Å². The number of aromatic nitrogens is 3. The van der Waals surface area contributed by atoms with Gasteiger partial charge in [-0.15, -0.1) is 0 Å². The Morgan fingerprint density at radius 2 is 2.12 bits per heavy atom. The highest BCUT2D eigenvalue weighted by Gasteiger charge is 2.07. The van der Waals surface area contributed by atoms with Crippen LogP contribution in [0.2, 0.25) is 10.0 Å². The lowest BCUT2D eigenvalue weighted by Gasteiger charge is -2.07. The van der Waals surface area contributed by atoms with Crippen molar-refractivity contribution in [3.8, 4) is 0 Å². The van der Waals surface area contributed by atoms with Gasteiger partial charge in [0, 0.05) is 5.02 Å². The van der Waals surface area contributed by atoms with E-state index in [0.29, 0.717) is 15.7 Å². The van der Waals surface area contributed by atoms with E-state index < -0.39 is 6.03 Å². The molecule has 6 nitrogen and oxygen atoms in total. The minimum absolute atomic E-state index is 0.237. The lowest BCUT2D eigenvalue weighted by Crippen LogP contribution is -2.20. The molecule has 0 saturated heterocycles. The monoisotopic (exact) mass is 271 g/mol. The van der Waals surface area contributed by atoms with Crippen molar-refractivity contribution < 1.29 is 4.79 Å². The summed E-state index contributed by atoms with van der Waals surface area (Å²) in [6.45, 7) is 0. The van der Waals surface area contributed by atoms with E-state index in [1.54, 1.807) is 18.2 Å². The zero-order valence-electron chi connectivity index (χ0n) is 8.37. The second kappa shape index (κ2) is 5.03. The van der Waals surface area contributed by atoms with Crippen molar-refractivity contribution in [1.82, 2.24) is 15.2 Å². The van der Waals surface area contributed by atoms with Crippen molar-refractivity contribution in [3.05, 3.63) is 34.6 Å². The number of hydrogen-bond donors (Lipinski definition) is 3. The molecule has 2 amide bonds. The Morgan fingerprint density at radius 1 is 1.29 bits per heavy atom. The average Bonchev–Trinajstić information content (AvgIpc) is 2.76. The number of carbonyl (C=O) groups is 1. The first kappa shape index (κ1) is 11.7. The molecule has 17 heavy (non-hydrogen) atoms. The Bertz CT molecular complexity index is 528. The summed E-state index contributed by atoms with van der Waals surface area (Å²) >= 11 is 11.7. The number of benzene rings is 1. The molecular weight excluding hydrogens is 265 g/mol. The largest absolute Gasteiger partial charge is 0.326 e. The third-order valence-electron chi connectivity index (χ3n) is 1.82. The number of urea groups is 1. The van der Waals surface area contributed by atoms with Crippen LogP contribution in [0.15, 0.2) is 24.5 Å². The number of H-pyrrole nitrogens is 1. The van der Waals surface area contributed by atoms with Crippen molar-refractivity contribution in [2.45, 2.75) is 0 Å². The molecule has 0 radical (unpaired) electrons. The Labute approximate surface area is 106 Å². The van der Waals surface area contributed by atoms with E-state index in [0.717, 1.165) is 0 Å². The molecule has 0 aliphatic carbocycles. The molecule has 2 aromatic rings. The zero-order valence-corrected chi connectivity index (χ0v) is 9.88. The predicted molar refractivity (Wildman–Crippen MR) is 65.5 cm³/mol. The van der Waals surface area contributed by atoms with E-state index in [9.17, 15) is 4.79 Å². The second-order valence-corrected chi connectivity index (χ2v) is 3.88. The van der Waals surface area contributed by atoms with Crippen LogP contribution in [0.4, 0.5) is 16.4 Å². The van der Waals surface area contributed by atoms with Crippen LogP contribution >= 0.6 is 23.2 Å². The highest BCUT2D eigenvalue weighted by atomic mass is 35.5. The van der Waals surface area contributed by atoms with Gasteiger partial charge in [-0.3, -0.25) is 5.32 Å². The molecule has 0 aliphatic rings. The van der Waals surface area contributed by atoms with E-state index in [1.807, 2.05) is 0 Å². The molecule has 0 aliphatic heterocycles. The maximum Gasteiger partial charge on any atom is 0.326 e. The smallest absolute Gasteiger partial charge is 0.306 e. The van der Waals surface area contributed by atoms with Gasteiger partial charge < -0.3 is 5.32 Å². The van der Waals surface area contributed by atoms with Crippen molar-refractivity contribution in [2.75, 3.05) is 10.6 Å². The third kappa shape index (κ3) is 3.08. The van der Waals surface area contributed by atoms with Crippen LogP contribution in [0.1, 0.15) is 0 Å². The standard InChI is InChI=1S/C9H7Cl2N5O/c10-5-1-2-6(11)7(3-5)14-9(17)15-8-12-4-13-16-8/h1-4H,(H3,12,13,14,15,16,17). The van der Waals surface area contributed by atoms with Crippen LogP contribution in [0.25, 0.3) is 0 Å². The molecule has 3 N–H and O–H groups in total. The minimum atomic E-state index is -0.495. The summed E-state index contributed by atoms with van der Waals surface area (Å²) in [7, 11) is 0. The maximum atomic E-state index is 11.5. The van der Waals surface area contributed by atoms with Crippen molar-refractivity contribution in [2.24, 2.45) is 0 Å². The van der Waals surface area contributed by atoms with Crippen LogP contribution < -0.4 is 10.6 Å². The fourth-order valence-electron chi connectivity index (χ4n) is 1.12. The first-order valence-corrected chi connectivity index (χ1v) is 5.29. The number of hydrogen-bond acceptors (Lipinski definition) is 3. The van der Waals surface area contributed by atoms with E-state index in [1.165, 1.54) is 6.33 Å². The van der Waals surface area contributed by atoms with Crippen molar-refractivity contribution in [3.63, 3.8) is 0 Å². The van der Waals surface area contributed by atoms with E-state index in [-0.39, 0.29) is 5.95 Å². The topological polar surface area (TPSA) is 82.7 Å². The quantitative estimate of drug-likeness (QED) is 0.786. The first-order valence-electron chi connectivity index (χ1n) is 4.53. The summed E-state index contributed by atoms with van der Waals surface area (Å²) in [6.07, 6.45) is 1.28. The molecule has 0 saturated carbocycles. The van der Waals surface area contributed by atoms with Gasteiger partial charge in [0.15, 0.2) is 0 Å². The number of anilines is 2. The van der Waals surface area contributed by atoms with Crippen molar-refractivity contribution >= 4 is 40.9 Å². The van der Waals surface area contributed by atoms with E-state index >= 15 is 0 Å². The van der Waals surface area contributed by atoms with Crippen LogP contribution in [0.3, 0.4) is 0 Å². The highest BCUT2D eigenvalue weighted by molar-refractivity contribution is 6.35. The average molecular weight is 272 g/mol. The fourth-order valence-corrected chi connectivity index (χ4v) is 1.46. The molecule has 0 spiro atoms. The van der Waals surface area contributed by atoms with Gasteiger partial charge in [-0.25, -0.2) is 9.89 Å². The molecule has 0 unspecified atom stereocenters. The summed E-state index contributed by atoms with van der Waals surface area (Å²) in [4.78, 5) is 15.3. The van der Waals surface area contributed by atoms with Crippen LogP contribution in [-0.2, 0) is 0 Å². The molecular formula is C9H7Cl2N5O. The van der Waals surface area contributed by atoms with Gasteiger partial charge in [0.05, 0.1) is 10.7 Å². The molecule has 1 aromatic heterocycles. The number of rotatable bonds is 2. The van der Waals surface area contributed by atoms with Gasteiger partial charge in [-0.1, -0.05) is 23.2 Å². The molecule has 2 rings (SSSR count). The summed E-state index contributed by atoms with van der Waals surface area (Å²) in [6, 6.07) is 4.27. The number of amides is 2. The lowest BCUT2D eigenvalue weighted by molar-refractivity contribution is 0.262.